The molecule has 1 saturated carbocycles. The van der Waals surface area contributed by atoms with Gasteiger partial charge in [-0.1, -0.05) is 33.6 Å². The first-order valence-corrected chi connectivity index (χ1v) is 8.74. The smallest absolute Gasteiger partial charge is 0.107 e. The molecular weight excluding hydrogens is 266 g/mol. The van der Waals surface area contributed by atoms with Crippen LogP contribution in [-0.2, 0) is 6.54 Å². The maximum atomic E-state index is 4.51. The number of piperazine rings is 1. The number of aromatic nitrogens is 1. The molecule has 2 aliphatic rings. The highest BCUT2D eigenvalue weighted by Gasteiger charge is 2.45. The van der Waals surface area contributed by atoms with E-state index in [0.717, 1.165) is 19.6 Å². The first-order chi connectivity index (χ1) is 9.50. The van der Waals surface area contributed by atoms with Crippen molar-refractivity contribution in [2.75, 3.05) is 13.1 Å². The molecule has 20 heavy (non-hydrogen) atoms. The van der Waals surface area contributed by atoms with E-state index < -0.39 is 0 Å². The third-order valence-electron chi connectivity index (χ3n) is 5.14. The highest BCUT2D eigenvalue weighted by atomic mass is 32.1. The van der Waals surface area contributed by atoms with Gasteiger partial charge >= 0.3 is 0 Å². The monoisotopic (exact) mass is 293 g/mol. The van der Waals surface area contributed by atoms with Crippen LogP contribution in [0, 0.1) is 5.41 Å². The van der Waals surface area contributed by atoms with Gasteiger partial charge < -0.3 is 5.32 Å². The average molecular weight is 293 g/mol. The lowest BCUT2D eigenvalue weighted by molar-refractivity contribution is 0.0107. The molecule has 3 rings (SSSR count). The molecule has 1 aromatic rings. The predicted octanol–water partition coefficient (Wildman–Crippen LogP) is 3.28. The second kappa shape index (κ2) is 5.39. The molecule has 1 unspecified atom stereocenters. The van der Waals surface area contributed by atoms with Crippen LogP contribution >= 0.6 is 11.3 Å². The first-order valence-electron chi connectivity index (χ1n) is 7.86. The molecule has 0 bridgehead atoms. The number of hydrogen-bond donors (Lipinski definition) is 1. The van der Waals surface area contributed by atoms with E-state index in [1.165, 1.54) is 30.7 Å². The highest BCUT2D eigenvalue weighted by molar-refractivity contribution is 7.09. The summed E-state index contributed by atoms with van der Waals surface area (Å²) in [6, 6.07) is 0.577. The van der Waals surface area contributed by atoms with Gasteiger partial charge in [0.2, 0.25) is 0 Å². The summed E-state index contributed by atoms with van der Waals surface area (Å²) in [5, 5.41) is 7.21. The molecular formula is C16H27N3S. The second-order valence-corrected chi connectivity index (χ2v) is 8.52. The van der Waals surface area contributed by atoms with Crippen LogP contribution in [0.25, 0.3) is 0 Å². The summed E-state index contributed by atoms with van der Waals surface area (Å²) in [5.41, 5.74) is 0.717. The van der Waals surface area contributed by atoms with Crippen molar-refractivity contribution in [2.45, 2.75) is 64.6 Å². The predicted molar refractivity (Wildman–Crippen MR) is 85.0 cm³/mol. The van der Waals surface area contributed by atoms with Crippen molar-refractivity contribution in [3.8, 4) is 0 Å². The Morgan fingerprint density at radius 3 is 2.75 bits per heavy atom. The van der Waals surface area contributed by atoms with Gasteiger partial charge in [0.25, 0.3) is 0 Å². The number of rotatable bonds is 2. The fraction of sp³-hybridized carbons (Fsp3) is 0.812. The molecule has 1 aliphatic heterocycles. The molecule has 0 radical (unpaired) electrons. The number of hydrogen-bond acceptors (Lipinski definition) is 4. The molecule has 1 aromatic heterocycles. The third kappa shape index (κ3) is 2.78. The van der Waals surface area contributed by atoms with E-state index in [9.17, 15) is 0 Å². The minimum Gasteiger partial charge on any atom is -0.310 e. The highest BCUT2D eigenvalue weighted by Crippen LogP contribution is 2.39. The van der Waals surface area contributed by atoms with Crippen molar-refractivity contribution in [1.29, 1.82) is 0 Å². The Balaban J connectivity index is 1.79. The van der Waals surface area contributed by atoms with Crippen molar-refractivity contribution < 1.29 is 0 Å². The van der Waals surface area contributed by atoms with Gasteiger partial charge in [-0.25, -0.2) is 4.98 Å². The number of thiazole rings is 1. The molecule has 2 heterocycles. The minimum absolute atomic E-state index is 0.321. The zero-order chi connectivity index (χ0) is 14.2. The lowest BCUT2D eigenvalue weighted by Crippen LogP contribution is -2.65. The van der Waals surface area contributed by atoms with Crippen LogP contribution in [0.4, 0.5) is 0 Å². The SMILES string of the molecule is CC(C)(C)C1CN(Cc2nccs2)C2(CCCC2)CN1. The molecule has 1 spiro atoms. The van der Waals surface area contributed by atoms with E-state index in [-0.39, 0.29) is 0 Å². The van der Waals surface area contributed by atoms with Crippen molar-refractivity contribution in [2.24, 2.45) is 5.41 Å². The fourth-order valence-corrected chi connectivity index (χ4v) is 4.37. The first kappa shape index (κ1) is 14.5. The quantitative estimate of drug-likeness (QED) is 0.907. The van der Waals surface area contributed by atoms with Crippen LogP contribution in [0.5, 0.6) is 0 Å². The Hall–Kier alpha value is -0.450. The number of nitrogens with one attached hydrogen (secondary N) is 1. The molecule has 3 nitrogen and oxygen atoms in total. The molecule has 1 saturated heterocycles. The van der Waals surface area contributed by atoms with E-state index in [2.05, 4.69) is 41.4 Å². The van der Waals surface area contributed by atoms with Crippen molar-refractivity contribution in [3.05, 3.63) is 16.6 Å². The fourth-order valence-electron chi connectivity index (χ4n) is 3.74. The van der Waals surface area contributed by atoms with Crippen LogP contribution in [0.15, 0.2) is 11.6 Å². The summed E-state index contributed by atoms with van der Waals surface area (Å²) in [5.74, 6) is 0. The van der Waals surface area contributed by atoms with Gasteiger partial charge in [-0.05, 0) is 18.3 Å². The second-order valence-electron chi connectivity index (χ2n) is 7.54. The largest absolute Gasteiger partial charge is 0.310 e. The Bertz CT molecular complexity index is 429. The van der Waals surface area contributed by atoms with Crippen LogP contribution in [-0.4, -0.2) is 34.6 Å². The Morgan fingerprint density at radius 1 is 1.40 bits per heavy atom. The summed E-state index contributed by atoms with van der Waals surface area (Å²) < 4.78 is 0. The van der Waals surface area contributed by atoms with E-state index in [4.69, 9.17) is 0 Å². The zero-order valence-corrected chi connectivity index (χ0v) is 13.8. The van der Waals surface area contributed by atoms with Gasteiger partial charge in [-0.15, -0.1) is 11.3 Å². The van der Waals surface area contributed by atoms with Crippen molar-refractivity contribution >= 4 is 11.3 Å². The number of nitrogens with zero attached hydrogens (tertiary/aromatic N) is 2. The lowest BCUT2D eigenvalue weighted by Gasteiger charge is -2.51. The van der Waals surface area contributed by atoms with Crippen molar-refractivity contribution in [3.63, 3.8) is 0 Å². The van der Waals surface area contributed by atoms with Crippen LogP contribution < -0.4 is 5.32 Å². The minimum atomic E-state index is 0.321. The molecule has 2 fully saturated rings. The van der Waals surface area contributed by atoms with Crippen molar-refractivity contribution in [1.82, 2.24) is 15.2 Å². The molecule has 4 heteroatoms. The topological polar surface area (TPSA) is 28.2 Å². The summed E-state index contributed by atoms with van der Waals surface area (Å²) in [4.78, 5) is 7.25. The summed E-state index contributed by atoms with van der Waals surface area (Å²) in [6.45, 7) is 10.4. The molecule has 0 amide bonds. The standard InChI is InChI=1S/C16H27N3S/c1-15(2,3)13-10-19(11-14-17-8-9-20-14)16(12-18-13)6-4-5-7-16/h8-9,13,18H,4-7,10-12H2,1-3H3. The maximum absolute atomic E-state index is 4.51. The van der Waals surface area contributed by atoms with Gasteiger partial charge in [0, 0.05) is 36.2 Å². The van der Waals surface area contributed by atoms with Gasteiger partial charge in [-0.2, -0.15) is 0 Å². The van der Waals surface area contributed by atoms with Crippen LogP contribution in [0.1, 0.15) is 51.5 Å². The summed E-state index contributed by atoms with van der Waals surface area (Å²) in [7, 11) is 0. The molecule has 112 valence electrons. The average Bonchev–Trinajstić information content (AvgIpc) is 3.02. The Morgan fingerprint density at radius 2 is 2.15 bits per heavy atom. The lowest BCUT2D eigenvalue weighted by atomic mass is 9.81. The Labute approximate surface area is 126 Å². The normalized spacial score (nSPS) is 27.2. The summed E-state index contributed by atoms with van der Waals surface area (Å²) >= 11 is 1.79. The molecule has 1 atom stereocenters. The summed E-state index contributed by atoms with van der Waals surface area (Å²) in [6.07, 6.45) is 7.40. The molecule has 1 aliphatic carbocycles. The van der Waals surface area contributed by atoms with Crippen LogP contribution in [0.2, 0.25) is 0 Å². The van der Waals surface area contributed by atoms with E-state index in [0.29, 0.717) is 17.0 Å². The van der Waals surface area contributed by atoms with Gasteiger partial charge in [0.1, 0.15) is 5.01 Å². The van der Waals surface area contributed by atoms with E-state index in [1.54, 1.807) is 11.3 Å². The zero-order valence-electron chi connectivity index (χ0n) is 13.0. The van der Waals surface area contributed by atoms with E-state index in [1.807, 2.05) is 6.20 Å². The maximum Gasteiger partial charge on any atom is 0.107 e. The molecule has 0 aromatic carbocycles. The van der Waals surface area contributed by atoms with Crippen LogP contribution in [0.3, 0.4) is 0 Å². The molecule has 1 N–H and O–H groups in total. The van der Waals surface area contributed by atoms with Gasteiger partial charge in [-0.3, -0.25) is 4.90 Å². The van der Waals surface area contributed by atoms with Gasteiger partial charge in [0.15, 0.2) is 0 Å². The Kier molecular flexibility index (Phi) is 3.91. The van der Waals surface area contributed by atoms with E-state index >= 15 is 0 Å². The third-order valence-corrected chi connectivity index (χ3v) is 5.90. The van der Waals surface area contributed by atoms with Gasteiger partial charge in [0.05, 0.1) is 6.54 Å².